The summed E-state index contributed by atoms with van der Waals surface area (Å²) in [5.41, 5.74) is 1.55. The van der Waals surface area contributed by atoms with Gasteiger partial charge in [-0.3, -0.25) is 24.6 Å². The minimum atomic E-state index is -1.13. The number of fused-ring (bicyclic) bond motifs is 1. The van der Waals surface area contributed by atoms with Gasteiger partial charge in [-0.15, -0.1) is 11.8 Å². The van der Waals surface area contributed by atoms with E-state index in [2.05, 4.69) is 5.32 Å². The molecule has 0 spiro atoms. The maximum absolute atomic E-state index is 13.1. The SMILES string of the molecule is O=C(O)CN1C(=O)[C@@H](N[C@H](CCc2ccccc2)C(=O)O)CSc2ccccc21. The van der Waals surface area contributed by atoms with E-state index < -0.39 is 36.5 Å². The normalized spacial score (nSPS) is 17.3. The molecule has 0 fully saturated rings. The standard InChI is InChI=1S/C21H22N2O5S/c24-19(25)12-23-17-8-4-5-9-18(17)29-13-16(20(23)26)22-15(21(27)28)11-10-14-6-2-1-3-7-14/h1-9,15-16,22H,10-13H2,(H,24,25)(H,27,28)/t15-,16+/m1/s1. The highest BCUT2D eigenvalue weighted by Gasteiger charge is 2.34. The molecule has 0 saturated carbocycles. The molecule has 8 heteroatoms. The van der Waals surface area contributed by atoms with Crippen LogP contribution in [0.2, 0.25) is 0 Å². The Kier molecular flexibility index (Phi) is 6.90. The van der Waals surface area contributed by atoms with Gasteiger partial charge >= 0.3 is 11.9 Å². The predicted molar refractivity (Wildman–Crippen MR) is 110 cm³/mol. The summed E-state index contributed by atoms with van der Waals surface area (Å²) in [5.74, 6) is -2.28. The molecule has 7 nitrogen and oxygen atoms in total. The molecule has 1 aliphatic rings. The van der Waals surface area contributed by atoms with Crippen molar-refractivity contribution in [2.45, 2.75) is 29.8 Å². The number of benzene rings is 2. The molecule has 0 bridgehead atoms. The van der Waals surface area contributed by atoms with Crippen molar-refractivity contribution in [2.24, 2.45) is 0 Å². The Bertz CT molecular complexity index is 890. The third-order valence-electron chi connectivity index (χ3n) is 4.68. The number of hydrogen-bond donors (Lipinski definition) is 3. The van der Waals surface area contributed by atoms with Crippen molar-refractivity contribution in [3.8, 4) is 0 Å². The summed E-state index contributed by atoms with van der Waals surface area (Å²) in [6.07, 6.45) is 0.873. The number of nitrogens with one attached hydrogen (secondary N) is 1. The van der Waals surface area contributed by atoms with Crippen molar-refractivity contribution in [1.29, 1.82) is 0 Å². The molecule has 29 heavy (non-hydrogen) atoms. The zero-order valence-electron chi connectivity index (χ0n) is 15.7. The lowest BCUT2D eigenvalue weighted by Crippen LogP contribution is -2.53. The summed E-state index contributed by atoms with van der Waals surface area (Å²) in [5, 5.41) is 21.8. The Morgan fingerprint density at radius 1 is 1.10 bits per heavy atom. The Labute approximate surface area is 172 Å². The maximum atomic E-state index is 13.1. The van der Waals surface area contributed by atoms with Crippen LogP contribution in [0.1, 0.15) is 12.0 Å². The van der Waals surface area contributed by atoms with E-state index >= 15 is 0 Å². The minimum Gasteiger partial charge on any atom is -0.480 e. The van der Waals surface area contributed by atoms with Crippen LogP contribution in [0, 0.1) is 0 Å². The van der Waals surface area contributed by atoms with Crippen molar-refractivity contribution >= 4 is 35.3 Å². The summed E-state index contributed by atoms with van der Waals surface area (Å²) in [7, 11) is 0. The first-order valence-electron chi connectivity index (χ1n) is 9.23. The first-order valence-corrected chi connectivity index (χ1v) is 10.2. The number of carboxylic acid groups (broad SMARTS) is 2. The third-order valence-corrected chi connectivity index (χ3v) is 5.84. The predicted octanol–water partition coefficient (Wildman–Crippen LogP) is 2.25. The van der Waals surface area contributed by atoms with Crippen LogP contribution >= 0.6 is 11.8 Å². The summed E-state index contributed by atoms with van der Waals surface area (Å²) in [6, 6.07) is 14.9. The molecule has 0 aromatic heterocycles. The number of anilines is 1. The number of nitrogens with zero attached hydrogens (tertiary/aromatic N) is 1. The second-order valence-corrected chi connectivity index (χ2v) is 7.79. The van der Waals surface area contributed by atoms with E-state index in [1.165, 1.54) is 16.7 Å². The van der Waals surface area contributed by atoms with Crippen LogP contribution in [0.5, 0.6) is 0 Å². The number of hydrogen-bond acceptors (Lipinski definition) is 5. The molecule has 1 amide bonds. The quantitative estimate of drug-likeness (QED) is 0.608. The van der Waals surface area contributed by atoms with E-state index in [1.54, 1.807) is 12.1 Å². The van der Waals surface area contributed by atoms with Gasteiger partial charge in [-0.1, -0.05) is 42.5 Å². The average Bonchev–Trinajstić information content (AvgIpc) is 2.83. The van der Waals surface area contributed by atoms with Gasteiger partial charge in [0.1, 0.15) is 12.6 Å². The Morgan fingerprint density at radius 2 is 1.79 bits per heavy atom. The number of carbonyl (C=O) groups is 3. The Hall–Kier alpha value is -2.84. The summed E-state index contributed by atoms with van der Waals surface area (Å²) in [4.78, 5) is 38.2. The zero-order chi connectivity index (χ0) is 20.8. The van der Waals surface area contributed by atoms with Crippen LogP contribution in [0.25, 0.3) is 0 Å². The number of amides is 1. The van der Waals surface area contributed by atoms with Gasteiger partial charge in [0, 0.05) is 10.6 Å². The molecule has 3 rings (SSSR count). The lowest BCUT2D eigenvalue weighted by molar-refractivity contribution is -0.140. The van der Waals surface area contributed by atoms with Crippen molar-refractivity contribution < 1.29 is 24.6 Å². The van der Waals surface area contributed by atoms with Crippen LogP contribution in [0.4, 0.5) is 5.69 Å². The van der Waals surface area contributed by atoms with Crippen LogP contribution in [0.15, 0.2) is 59.5 Å². The smallest absolute Gasteiger partial charge is 0.323 e. The second-order valence-electron chi connectivity index (χ2n) is 6.73. The van der Waals surface area contributed by atoms with E-state index in [4.69, 9.17) is 0 Å². The zero-order valence-corrected chi connectivity index (χ0v) is 16.5. The van der Waals surface area contributed by atoms with Gasteiger partial charge in [0.15, 0.2) is 0 Å². The maximum Gasteiger partial charge on any atom is 0.323 e. The highest BCUT2D eigenvalue weighted by molar-refractivity contribution is 7.99. The van der Waals surface area contributed by atoms with E-state index in [0.717, 1.165) is 10.5 Å². The van der Waals surface area contributed by atoms with Gasteiger partial charge in [-0.05, 0) is 30.5 Å². The number of aliphatic carboxylic acids is 2. The molecular formula is C21H22N2O5S. The van der Waals surface area contributed by atoms with Crippen LogP contribution in [-0.4, -0.2) is 52.4 Å². The minimum absolute atomic E-state index is 0.319. The molecule has 2 atom stereocenters. The summed E-state index contributed by atoms with van der Waals surface area (Å²) >= 11 is 1.41. The largest absolute Gasteiger partial charge is 0.480 e. The van der Waals surface area contributed by atoms with E-state index in [9.17, 15) is 24.6 Å². The van der Waals surface area contributed by atoms with Gasteiger partial charge in [-0.25, -0.2) is 0 Å². The molecule has 152 valence electrons. The van der Waals surface area contributed by atoms with Crippen molar-refractivity contribution in [2.75, 3.05) is 17.2 Å². The highest BCUT2D eigenvalue weighted by atomic mass is 32.2. The van der Waals surface area contributed by atoms with Gasteiger partial charge < -0.3 is 10.2 Å². The third kappa shape index (κ3) is 5.36. The molecule has 0 aliphatic carbocycles. The molecule has 0 saturated heterocycles. The fourth-order valence-electron chi connectivity index (χ4n) is 3.25. The average molecular weight is 414 g/mol. The molecule has 0 radical (unpaired) electrons. The molecule has 2 aromatic carbocycles. The first kappa shape index (κ1) is 20.9. The summed E-state index contributed by atoms with van der Waals surface area (Å²) < 4.78 is 0. The molecule has 1 aliphatic heterocycles. The number of para-hydroxylation sites is 1. The van der Waals surface area contributed by atoms with Gasteiger partial charge in [-0.2, -0.15) is 0 Å². The second kappa shape index (κ2) is 9.58. The lowest BCUT2D eigenvalue weighted by Gasteiger charge is -2.26. The van der Waals surface area contributed by atoms with E-state index in [0.29, 0.717) is 24.3 Å². The Morgan fingerprint density at radius 3 is 2.48 bits per heavy atom. The molecule has 1 heterocycles. The fourth-order valence-corrected chi connectivity index (χ4v) is 4.33. The summed E-state index contributed by atoms with van der Waals surface area (Å²) in [6.45, 7) is -0.476. The molecule has 0 unspecified atom stereocenters. The molecule has 3 N–H and O–H groups in total. The van der Waals surface area contributed by atoms with Crippen molar-refractivity contribution in [3.05, 3.63) is 60.2 Å². The number of rotatable bonds is 8. The van der Waals surface area contributed by atoms with E-state index in [1.807, 2.05) is 42.5 Å². The first-order chi connectivity index (χ1) is 14.0. The van der Waals surface area contributed by atoms with Gasteiger partial charge in [0.25, 0.3) is 0 Å². The number of aryl methyl sites for hydroxylation is 1. The topological polar surface area (TPSA) is 107 Å². The van der Waals surface area contributed by atoms with Crippen molar-refractivity contribution in [3.63, 3.8) is 0 Å². The van der Waals surface area contributed by atoms with Crippen molar-refractivity contribution in [1.82, 2.24) is 5.32 Å². The van der Waals surface area contributed by atoms with Gasteiger partial charge in [0.05, 0.1) is 11.7 Å². The lowest BCUT2D eigenvalue weighted by atomic mass is 10.0. The Balaban J connectivity index is 1.77. The number of carboxylic acids is 2. The van der Waals surface area contributed by atoms with Crippen LogP contribution < -0.4 is 10.2 Å². The molecule has 2 aromatic rings. The number of thioether (sulfide) groups is 1. The molecular weight excluding hydrogens is 392 g/mol. The highest BCUT2D eigenvalue weighted by Crippen LogP contribution is 2.34. The number of carbonyl (C=O) groups excluding carboxylic acids is 1. The van der Waals surface area contributed by atoms with Gasteiger partial charge in [0.2, 0.25) is 5.91 Å². The monoisotopic (exact) mass is 414 g/mol. The fraction of sp³-hybridized carbons (Fsp3) is 0.286. The van der Waals surface area contributed by atoms with Crippen LogP contribution in [0.3, 0.4) is 0 Å². The van der Waals surface area contributed by atoms with E-state index in [-0.39, 0.29) is 0 Å². The van der Waals surface area contributed by atoms with Crippen LogP contribution in [-0.2, 0) is 20.8 Å².